The fraction of sp³-hybridized carbons (Fsp3) is 0.111. The number of thioether (sulfide) groups is 1. The zero-order valence-electron chi connectivity index (χ0n) is 13.7. The van der Waals surface area contributed by atoms with Crippen molar-refractivity contribution < 1.29 is 9.53 Å². The zero-order valence-corrected chi connectivity index (χ0v) is 16.8. The van der Waals surface area contributed by atoms with Crippen LogP contribution in [0.2, 0.25) is 10.0 Å². The molecule has 0 aliphatic rings. The number of carbonyl (C=O) groups is 1. The molecule has 0 fully saturated rings. The van der Waals surface area contributed by atoms with Crippen molar-refractivity contribution in [1.82, 2.24) is 4.98 Å². The minimum atomic E-state index is -0.142. The molecule has 26 heavy (non-hydrogen) atoms. The number of benzene rings is 2. The van der Waals surface area contributed by atoms with Crippen LogP contribution >= 0.6 is 46.3 Å². The van der Waals surface area contributed by atoms with E-state index in [4.69, 9.17) is 27.9 Å². The predicted molar refractivity (Wildman–Crippen MR) is 110 cm³/mol. The van der Waals surface area contributed by atoms with Gasteiger partial charge < -0.3 is 10.1 Å². The highest BCUT2D eigenvalue weighted by atomic mass is 35.5. The molecule has 0 spiro atoms. The molecule has 1 aromatic heterocycles. The van der Waals surface area contributed by atoms with Gasteiger partial charge in [-0.1, -0.05) is 23.2 Å². The molecule has 1 N–H and O–H groups in total. The monoisotopic (exact) mass is 424 g/mol. The first-order chi connectivity index (χ1) is 12.5. The van der Waals surface area contributed by atoms with E-state index in [0.717, 1.165) is 21.9 Å². The summed E-state index contributed by atoms with van der Waals surface area (Å²) in [7, 11) is 1.63. The van der Waals surface area contributed by atoms with Crippen LogP contribution in [0.3, 0.4) is 0 Å². The van der Waals surface area contributed by atoms with E-state index in [0.29, 0.717) is 15.2 Å². The molecule has 0 unspecified atom stereocenters. The summed E-state index contributed by atoms with van der Waals surface area (Å²) in [5.74, 6) is 0.880. The number of nitrogens with zero attached hydrogens (tertiary/aromatic N) is 1. The normalized spacial score (nSPS) is 10.6. The molecule has 0 atom stereocenters. The molecule has 0 bridgehead atoms. The van der Waals surface area contributed by atoms with E-state index < -0.39 is 0 Å². The minimum Gasteiger partial charge on any atom is -0.497 e. The molecule has 1 heterocycles. The van der Waals surface area contributed by atoms with E-state index in [-0.39, 0.29) is 11.7 Å². The molecule has 2 aromatic carbocycles. The molecule has 8 heteroatoms. The number of rotatable bonds is 6. The lowest BCUT2D eigenvalue weighted by atomic mass is 10.2. The Balaban J connectivity index is 1.58. The van der Waals surface area contributed by atoms with Gasteiger partial charge in [-0.2, -0.15) is 0 Å². The first-order valence-electron chi connectivity index (χ1n) is 7.53. The largest absolute Gasteiger partial charge is 0.497 e. The van der Waals surface area contributed by atoms with Crippen molar-refractivity contribution in [1.29, 1.82) is 0 Å². The second kappa shape index (κ2) is 8.77. The number of carbonyl (C=O) groups excluding carboxylic acids is 1. The molecule has 0 aliphatic carbocycles. The Morgan fingerprint density at radius 3 is 2.69 bits per heavy atom. The van der Waals surface area contributed by atoms with Gasteiger partial charge in [0.25, 0.3) is 0 Å². The van der Waals surface area contributed by atoms with Gasteiger partial charge in [0.2, 0.25) is 5.91 Å². The van der Waals surface area contributed by atoms with Crippen LogP contribution in [0.5, 0.6) is 5.75 Å². The van der Waals surface area contributed by atoms with Gasteiger partial charge in [0.1, 0.15) is 5.75 Å². The van der Waals surface area contributed by atoms with Crippen LogP contribution < -0.4 is 10.1 Å². The highest BCUT2D eigenvalue weighted by Gasteiger charge is 2.10. The summed E-state index contributed by atoms with van der Waals surface area (Å²) in [6, 6.07) is 12.8. The first kappa shape index (κ1) is 19.0. The molecule has 3 aromatic rings. The van der Waals surface area contributed by atoms with Crippen molar-refractivity contribution in [3.05, 3.63) is 57.9 Å². The van der Waals surface area contributed by atoms with Gasteiger partial charge in [-0.3, -0.25) is 4.79 Å². The summed E-state index contributed by atoms with van der Waals surface area (Å²) in [6.45, 7) is 0. The molecule has 1 amide bonds. The van der Waals surface area contributed by atoms with Crippen molar-refractivity contribution in [2.24, 2.45) is 0 Å². The average Bonchev–Trinajstić information content (AvgIpc) is 3.09. The molecular formula is C18H14Cl2N2O2S2. The Morgan fingerprint density at radius 2 is 2.00 bits per heavy atom. The van der Waals surface area contributed by atoms with E-state index in [2.05, 4.69) is 10.3 Å². The second-order valence-electron chi connectivity index (χ2n) is 5.18. The fourth-order valence-corrected chi connectivity index (χ4v) is 4.14. The van der Waals surface area contributed by atoms with Crippen LogP contribution in [0.15, 0.2) is 52.7 Å². The quantitative estimate of drug-likeness (QED) is 0.503. The molecule has 134 valence electrons. The second-order valence-corrected chi connectivity index (χ2v) is 7.90. The third kappa shape index (κ3) is 4.92. The van der Waals surface area contributed by atoms with Crippen molar-refractivity contribution >= 4 is 57.3 Å². The van der Waals surface area contributed by atoms with Crippen molar-refractivity contribution in [2.75, 3.05) is 18.2 Å². The van der Waals surface area contributed by atoms with Crippen molar-refractivity contribution in [2.45, 2.75) is 4.90 Å². The number of hydrogen-bond donors (Lipinski definition) is 1. The van der Waals surface area contributed by atoms with Crippen LogP contribution in [-0.4, -0.2) is 23.8 Å². The number of anilines is 1. The molecule has 0 radical (unpaired) electrons. The Kier molecular flexibility index (Phi) is 6.43. The summed E-state index contributed by atoms with van der Waals surface area (Å²) >= 11 is 14.7. The summed E-state index contributed by atoms with van der Waals surface area (Å²) in [5, 5.41) is 6.37. The lowest BCUT2D eigenvalue weighted by Crippen LogP contribution is -2.13. The number of ether oxygens (including phenoxy) is 1. The van der Waals surface area contributed by atoms with Gasteiger partial charge in [0.05, 0.1) is 23.6 Å². The van der Waals surface area contributed by atoms with Crippen LogP contribution in [0.4, 0.5) is 5.13 Å². The average molecular weight is 425 g/mol. The van der Waals surface area contributed by atoms with Crippen LogP contribution in [0.1, 0.15) is 0 Å². The van der Waals surface area contributed by atoms with E-state index in [9.17, 15) is 4.79 Å². The highest BCUT2D eigenvalue weighted by molar-refractivity contribution is 8.00. The van der Waals surface area contributed by atoms with Crippen LogP contribution in [-0.2, 0) is 4.79 Å². The van der Waals surface area contributed by atoms with E-state index >= 15 is 0 Å². The Hall–Kier alpha value is -1.73. The standard InChI is InChI=1S/C18H14Cl2N2O2S2/c1-24-13-5-2-11(3-6-13)15-9-26-18(21-15)22-17(23)10-25-16-7-4-12(19)8-14(16)20/h2-9H,10H2,1H3,(H,21,22,23). The summed E-state index contributed by atoms with van der Waals surface area (Å²) in [4.78, 5) is 17.4. The van der Waals surface area contributed by atoms with Crippen LogP contribution in [0, 0.1) is 0 Å². The molecule has 4 nitrogen and oxygen atoms in total. The van der Waals surface area contributed by atoms with Gasteiger partial charge in [0, 0.05) is 20.9 Å². The smallest absolute Gasteiger partial charge is 0.236 e. The van der Waals surface area contributed by atoms with Gasteiger partial charge >= 0.3 is 0 Å². The number of halogens is 2. The zero-order chi connectivity index (χ0) is 18.5. The van der Waals surface area contributed by atoms with Gasteiger partial charge in [-0.15, -0.1) is 23.1 Å². The maximum atomic E-state index is 12.1. The number of amides is 1. The topological polar surface area (TPSA) is 51.2 Å². The molecule has 0 aliphatic heterocycles. The molecule has 0 saturated carbocycles. The van der Waals surface area contributed by atoms with Gasteiger partial charge in [0.15, 0.2) is 5.13 Å². The van der Waals surface area contributed by atoms with Crippen molar-refractivity contribution in [3.63, 3.8) is 0 Å². The molecule has 3 rings (SSSR count). The van der Waals surface area contributed by atoms with Crippen molar-refractivity contribution in [3.8, 4) is 17.0 Å². The maximum absolute atomic E-state index is 12.1. The Labute approximate surface area is 169 Å². The third-order valence-corrected chi connectivity index (χ3v) is 5.88. The maximum Gasteiger partial charge on any atom is 0.236 e. The summed E-state index contributed by atoms with van der Waals surface area (Å²) in [5.41, 5.74) is 1.77. The summed E-state index contributed by atoms with van der Waals surface area (Å²) in [6.07, 6.45) is 0. The van der Waals surface area contributed by atoms with Crippen LogP contribution in [0.25, 0.3) is 11.3 Å². The molecular weight excluding hydrogens is 411 g/mol. The Bertz CT molecular complexity index is 914. The predicted octanol–water partition coefficient (Wildman–Crippen LogP) is 5.86. The Morgan fingerprint density at radius 1 is 1.23 bits per heavy atom. The SMILES string of the molecule is COc1ccc(-c2csc(NC(=O)CSc3ccc(Cl)cc3Cl)n2)cc1. The number of thiazole rings is 1. The first-order valence-corrected chi connectivity index (χ1v) is 10.1. The summed E-state index contributed by atoms with van der Waals surface area (Å²) < 4.78 is 5.15. The lowest BCUT2D eigenvalue weighted by Gasteiger charge is -2.04. The third-order valence-electron chi connectivity index (χ3n) is 3.39. The molecule has 0 saturated heterocycles. The highest BCUT2D eigenvalue weighted by Crippen LogP contribution is 2.30. The fourth-order valence-electron chi connectivity index (χ4n) is 2.12. The number of aromatic nitrogens is 1. The number of methoxy groups -OCH3 is 1. The van der Waals surface area contributed by atoms with Gasteiger partial charge in [-0.25, -0.2) is 4.98 Å². The number of nitrogens with one attached hydrogen (secondary N) is 1. The van der Waals surface area contributed by atoms with E-state index in [1.807, 2.05) is 29.6 Å². The van der Waals surface area contributed by atoms with E-state index in [1.165, 1.54) is 23.1 Å². The minimum absolute atomic E-state index is 0.142. The number of hydrogen-bond acceptors (Lipinski definition) is 5. The van der Waals surface area contributed by atoms with Gasteiger partial charge in [-0.05, 0) is 42.5 Å². The van der Waals surface area contributed by atoms with E-state index in [1.54, 1.807) is 25.3 Å². The lowest BCUT2D eigenvalue weighted by molar-refractivity contribution is -0.113.